The summed E-state index contributed by atoms with van der Waals surface area (Å²) in [6.07, 6.45) is 0. The van der Waals surface area contributed by atoms with Crippen molar-refractivity contribution in [3.8, 4) is 0 Å². The lowest BCUT2D eigenvalue weighted by Crippen LogP contribution is -2.27. The molecule has 1 amide bonds. The molecule has 2 aromatic carbocycles. The summed E-state index contributed by atoms with van der Waals surface area (Å²) in [5.74, 6) is -0.00470. The third-order valence-electron chi connectivity index (χ3n) is 3.13. The van der Waals surface area contributed by atoms with Crippen molar-refractivity contribution in [2.24, 2.45) is 0 Å². The molecule has 0 unspecified atom stereocenters. The normalized spacial score (nSPS) is 10.4. The maximum atomic E-state index is 12.5. The van der Waals surface area contributed by atoms with Gasteiger partial charge in [-0.1, -0.05) is 45.7 Å². The molecule has 20 heavy (non-hydrogen) atoms. The molecule has 0 heterocycles. The Balaban J connectivity index is 2.19. The summed E-state index contributed by atoms with van der Waals surface area (Å²) in [5.41, 5.74) is 2.61. The summed E-state index contributed by atoms with van der Waals surface area (Å²) in [4.78, 5) is 14.1. The van der Waals surface area contributed by atoms with Gasteiger partial charge in [-0.05, 0) is 42.3 Å². The van der Waals surface area contributed by atoms with Crippen LogP contribution >= 0.6 is 27.5 Å². The van der Waals surface area contributed by atoms with Crippen LogP contribution in [0, 0.1) is 6.92 Å². The third-order valence-corrected chi connectivity index (χ3v) is 3.99. The van der Waals surface area contributed by atoms with Gasteiger partial charge in [0.1, 0.15) is 0 Å². The Hall–Kier alpha value is -1.32. The second-order valence-corrected chi connectivity index (χ2v) is 6.03. The van der Waals surface area contributed by atoms with Crippen LogP contribution in [0.1, 0.15) is 21.5 Å². The van der Waals surface area contributed by atoms with E-state index in [4.69, 9.17) is 11.6 Å². The minimum Gasteiger partial charge on any atom is -0.337 e. The molecule has 0 bridgehead atoms. The standard InChI is InChI=1S/C16H15BrClNO/c1-11-9-13(17)7-8-14(11)16(20)19(2)10-12-5-3-4-6-15(12)18/h3-9H,10H2,1-2H3. The van der Waals surface area contributed by atoms with E-state index in [0.717, 1.165) is 15.6 Å². The molecule has 0 radical (unpaired) electrons. The Bertz CT molecular complexity index is 642. The first-order chi connectivity index (χ1) is 9.49. The Morgan fingerprint density at radius 3 is 2.60 bits per heavy atom. The number of amides is 1. The molecule has 4 heteroatoms. The summed E-state index contributed by atoms with van der Waals surface area (Å²) in [5, 5.41) is 0.680. The molecule has 0 N–H and O–H groups in total. The van der Waals surface area contributed by atoms with Crippen LogP contribution < -0.4 is 0 Å². The van der Waals surface area contributed by atoms with Crippen molar-refractivity contribution < 1.29 is 4.79 Å². The molecule has 2 aromatic rings. The van der Waals surface area contributed by atoms with Gasteiger partial charge in [0.25, 0.3) is 5.91 Å². The van der Waals surface area contributed by atoms with Crippen LogP contribution in [0.2, 0.25) is 5.02 Å². The number of benzene rings is 2. The number of halogens is 2. The quantitative estimate of drug-likeness (QED) is 0.785. The van der Waals surface area contributed by atoms with Crippen LogP contribution in [-0.4, -0.2) is 17.9 Å². The average Bonchev–Trinajstić information content (AvgIpc) is 2.40. The van der Waals surface area contributed by atoms with Gasteiger partial charge < -0.3 is 4.90 Å². The number of hydrogen-bond acceptors (Lipinski definition) is 1. The van der Waals surface area contributed by atoms with Crippen LogP contribution in [0.3, 0.4) is 0 Å². The lowest BCUT2D eigenvalue weighted by Gasteiger charge is -2.19. The summed E-state index contributed by atoms with van der Waals surface area (Å²) in [7, 11) is 1.78. The van der Waals surface area contributed by atoms with Gasteiger partial charge in [-0.25, -0.2) is 0 Å². The highest BCUT2D eigenvalue weighted by atomic mass is 79.9. The number of carbonyl (C=O) groups is 1. The molecule has 2 nitrogen and oxygen atoms in total. The lowest BCUT2D eigenvalue weighted by atomic mass is 10.1. The van der Waals surface area contributed by atoms with Gasteiger partial charge in [-0.15, -0.1) is 0 Å². The Morgan fingerprint density at radius 1 is 1.25 bits per heavy atom. The molecular weight excluding hydrogens is 338 g/mol. The summed E-state index contributed by atoms with van der Waals surface area (Å²) in [6, 6.07) is 13.2. The van der Waals surface area contributed by atoms with E-state index in [1.54, 1.807) is 11.9 Å². The molecule has 0 aromatic heterocycles. The fourth-order valence-electron chi connectivity index (χ4n) is 2.03. The van der Waals surface area contributed by atoms with Crippen molar-refractivity contribution >= 4 is 33.4 Å². The minimum absolute atomic E-state index is 0.00470. The topological polar surface area (TPSA) is 20.3 Å². The van der Waals surface area contributed by atoms with Crippen molar-refractivity contribution in [1.82, 2.24) is 4.90 Å². The van der Waals surface area contributed by atoms with Crippen LogP contribution in [-0.2, 0) is 6.54 Å². The lowest BCUT2D eigenvalue weighted by molar-refractivity contribution is 0.0784. The van der Waals surface area contributed by atoms with E-state index in [2.05, 4.69) is 15.9 Å². The van der Waals surface area contributed by atoms with Crippen molar-refractivity contribution in [1.29, 1.82) is 0 Å². The van der Waals surface area contributed by atoms with Crippen LogP contribution in [0.25, 0.3) is 0 Å². The van der Waals surface area contributed by atoms with Crippen LogP contribution in [0.5, 0.6) is 0 Å². The molecule has 0 saturated heterocycles. The highest BCUT2D eigenvalue weighted by Gasteiger charge is 2.15. The molecule has 0 aliphatic carbocycles. The van der Waals surface area contributed by atoms with Gasteiger partial charge in [0, 0.05) is 28.7 Å². The van der Waals surface area contributed by atoms with Gasteiger partial charge >= 0.3 is 0 Å². The van der Waals surface area contributed by atoms with Crippen molar-refractivity contribution in [3.63, 3.8) is 0 Å². The first-order valence-corrected chi connectivity index (χ1v) is 7.41. The van der Waals surface area contributed by atoms with E-state index in [0.29, 0.717) is 17.1 Å². The van der Waals surface area contributed by atoms with E-state index in [9.17, 15) is 4.79 Å². The predicted molar refractivity (Wildman–Crippen MR) is 86.1 cm³/mol. The first kappa shape index (κ1) is 15.1. The molecule has 0 aliphatic rings. The average molecular weight is 353 g/mol. The molecule has 0 aliphatic heterocycles. The summed E-state index contributed by atoms with van der Waals surface area (Å²) >= 11 is 9.53. The maximum absolute atomic E-state index is 12.5. The van der Waals surface area contributed by atoms with Crippen molar-refractivity contribution in [2.75, 3.05) is 7.05 Å². The minimum atomic E-state index is -0.00470. The zero-order valence-electron chi connectivity index (χ0n) is 11.4. The number of carbonyl (C=O) groups excluding carboxylic acids is 1. The van der Waals surface area contributed by atoms with Gasteiger partial charge in [0.15, 0.2) is 0 Å². The molecule has 0 fully saturated rings. The highest BCUT2D eigenvalue weighted by molar-refractivity contribution is 9.10. The number of aryl methyl sites for hydroxylation is 1. The van der Waals surface area contributed by atoms with Gasteiger partial charge in [0.2, 0.25) is 0 Å². The number of nitrogens with zero attached hydrogens (tertiary/aromatic N) is 1. The Kier molecular flexibility index (Phi) is 4.84. The fourth-order valence-corrected chi connectivity index (χ4v) is 2.70. The van der Waals surface area contributed by atoms with Gasteiger partial charge in [-0.3, -0.25) is 4.79 Å². The largest absolute Gasteiger partial charge is 0.337 e. The molecule has 0 saturated carbocycles. The molecule has 0 spiro atoms. The smallest absolute Gasteiger partial charge is 0.254 e. The van der Waals surface area contributed by atoms with E-state index >= 15 is 0 Å². The van der Waals surface area contributed by atoms with Gasteiger partial charge in [-0.2, -0.15) is 0 Å². The molecule has 2 rings (SSSR count). The molecule has 104 valence electrons. The SMILES string of the molecule is Cc1cc(Br)ccc1C(=O)N(C)Cc1ccccc1Cl. The molecular formula is C16H15BrClNO. The number of rotatable bonds is 3. The van der Waals surface area contributed by atoms with E-state index in [1.807, 2.05) is 49.4 Å². The fraction of sp³-hybridized carbons (Fsp3) is 0.188. The van der Waals surface area contributed by atoms with E-state index in [-0.39, 0.29) is 5.91 Å². The van der Waals surface area contributed by atoms with Gasteiger partial charge in [0.05, 0.1) is 0 Å². The second-order valence-electron chi connectivity index (χ2n) is 4.71. The maximum Gasteiger partial charge on any atom is 0.254 e. The van der Waals surface area contributed by atoms with Crippen molar-refractivity contribution in [3.05, 3.63) is 68.7 Å². The van der Waals surface area contributed by atoms with Crippen LogP contribution in [0.15, 0.2) is 46.9 Å². The first-order valence-electron chi connectivity index (χ1n) is 6.24. The second kappa shape index (κ2) is 6.42. The zero-order valence-corrected chi connectivity index (χ0v) is 13.7. The molecule has 0 atom stereocenters. The summed E-state index contributed by atoms with van der Waals surface area (Å²) in [6.45, 7) is 2.43. The summed E-state index contributed by atoms with van der Waals surface area (Å²) < 4.78 is 0.973. The Morgan fingerprint density at radius 2 is 1.95 bits per heavy atom. The van der Waals surface area contributed by atoms with Crippen LogP contribution in [0.4, 0.5) is 0 Å². The Labute approximate surface area is 132 Å². The van der Waals surface area contributed by atoms with E-state index in [1.165, 1.54) is 0 Å². The van der Waals surface area contributed by atoms with E-state index < -0.39 is 0 Å². The predicted octanol–water partition coefficient (Wildman–Crippen LogP) is 4.68. The zero-order chi connectivity index (χ0) is 14.7. The highest BCUT2D eigenvalue weighted by Crippen LogP contribution is 2.20. The number of hydrogen-bond donors (Lipinski definition) is 0. The monoisotopic (exact) mass is 351 g/mol. The third kappa shape index (κ3) is 3.41. The van der Waals surface area contributed by atoms with Crippen molar-refractivity contribution in [2.45, 2.75) is 13.5 Å².